The Morgan fingerprint density at radius 1 is 1.27 bits per heavy atom. The molecule has 0 unspecified atom stereocenters. The predicted molar refractivity (Wildman–Crippen MR) is 52.8 cm³/mol. The van der Waals surface area contributed by atoms with Crippen molar-refractivity contribution in [3.63, 3.8) is 0 Å². The molecule has 0 atom stereocenters. The van der Waals surface area contributed by atoms with E-state index in [-0.39, 0.29) is 5.71 Å². The van der Waals surface area contributed by atoms with Crippen molar-refractivity contribution >= 4 is 17.6 Å². The minimum Gasteiger partial charge on any atom is -0.318 e. The second-order valence-electron chi connectivity index (χ2n) is 2.72. The number of oxime groups is 1. The molecular weight excluding hydrogens is 196 g/mol. The summed E-state index contributed by atoms with van der Waals surface area (Å²) in [6.45, 7) is 1.17. The highest BCUT2D eigenvalue weighted by Crippen LogP contribution is 2.02. The second-order valence-corrected chi connectivity index (χ2v) is 2.72. The summed E-state index contributed by atoms with van der Waals surface area (Å²) in [4.78, 5) is 25.7. The highest BCUT2D eigenvalue weighted by Gasteiger charge is 2.11. The van der Waals surface area contributed by atoms with Gasteiger partial charge in [-0.2, -0.15) is 0 Å². The molecule has 1 rings (SSSR count). The Bertz CT molecular complexity index is 398. The number of amides is 1. The van der Waals surface area contributed by atoms with E-state index in [0.717, 1.165) is 0 Å². The highest BCUT2D eigenvalue weighted by atomic mass is 16.7. The Morgan fingerprint density at radius 3 is 2.33 bits per heavy atom. The molecule has 0 heterocycles. The van der Waals surface area contributed by atoms with Crippen molar-refractivity contribution in [1.29, 1.82) is 0 Å². The lowest BCUT2D eigenvalue weighted by Gasteiger charge is -1.99. The van der Waals surface area contributed by atoms with Crippen LogP contribution in [0.1, 0.15) is 12.5 Å². The van der Waals surface area contributed by atoms with Gasteiger partial charge in [-0.1, -0.05) is 35.5 Å². The van der Waals surface area contributed by atoms with Gasteiger partial charge in [-0.15, -0.1) is 0 Å². The number of benzene rings is 1. The summed E-state index contributed by atoms with van der Waals surface area (Å²) in [5.41, 5.74) is 7.21. The fourth-order valence-electron chi connectivity index (χ4n) is 0.931. The molecule has 1 aromatic rings. The van der Waals surface area contributed by atoms with Gasteiger partial charge < -0.3 is 4.84 Å². The van der Waals surface area contributed by atoms with Gasteiger partial charge in [0.05, 0.1) is 0 Å². The molecule has 0 fully saturated rings. The summed E-state index contributed by atoms with van der Waals surface area (Å²) in [7, 11) is 0. The van der Waals surface area contributed by atoms with E-state index in [4.69, 9.17) is 5.73 Å². The van der Waals surface area contributed by atoms with Crippen molar-refractivity contribution in [2.75, 3.05) is 0 Å². The van der Waals surface area contributed by atoms with Crippen LogP contribution >= 0.6 is 0 Å². The van der Waals surface area contributed by atoms with Crippen molar-refractivity contribution in [2.24, 2.45) is 5.16 Å². The van der Waals surface area contributed by atoms with Crippen LogP contribution in [0, 0.1) is 0 Å². The van der Waals surface area contributed by atoms with E-state index in [9.17, 15) is 9.59 Å². The van der Waals surface area contributed by atoms with Crippen LogP contribution in [-0.4, -0.2) is 17.6 Å². The van der Waals surface area contributed by atoms with E-state index < -0.39 is 11.9 Å². The van der Waals surface area contributed by atoms with Gasteiger partial charge in [-0.25, -0.2) is 4.79 Å². The molecule has 0 spiro atoms. The van der Waals surface area contributed by atoms with Crippen molar-refractivity contribution in [2.45, 2.75) is 6.92 Å². The molecule has 5 nitrogen and oxygen atoms in total. The Hall–Kier alpha value is -2.17. The van der Waals surface area contributed by atoms with Crippen molar-refractivity contribution < 1.29 is 14.4 Å². The van der Waals surface area contributed by atoms with Crippen LogP contribution in [0.5, 0.6) is 0 Å². The number of rotatable bonds is 3. The Balaban J connectivity index is 2.99. The lowest BCUT2D eigenvalue weighted by molar-refractivity contribution is -0.140. The molecule has 1 aromatic carbocycles. The number of nitrogens with one attached hydrogen (secondary N) is 1. The van der Waals surface area contributed by atoms with Crippen LogP contribution < -0.4 is 5.73 Å². The highest BCUT2D eigenvalue weighted by molar-refractivity contribution is 6.44. The van der Waals surface area contributed by atoms with Crippen LogP contribution in [0.3, 0.4) is 0 Å². The van der Waals surface area contributed by atoms with E-state index in [1.54, 1.807) is 30.3 Å². The molecule has 0 aliphatic heterocycles. The standard InChI is InChI=1S/C10H9N2O3/c1-7(13)15-12-9(10(11)14)8-5-3-2-4-6-8/h2-6,11H,1H3/b12-9-. The van der Waals surface area contributed by atoms with Gasteiger partial charge in [0.15, 0.2) is 5.71 Å². The quantitative estimate of drug-likeness (QED) is 0.415. The van der Waals surface area contributed by atoms with Gasteiger partial charge in [-0.05, 0) is 0 Å². The molecule has 1 amide bonds. The molecule has 15 heavy (non-hydrogen) atoms. The summed E-state index contributed by atoms with van der Waals surface area (Å²) in [5, 5.41) is 3.32. The van der Waals surface area contributed by atoms with E-state index in [2.05, 4.69) is 9.99 Å². The minimum absolute atomic E-state index is 0.189. The third-order valence-electron chi connectivity index (χ3n) is 1.53. The summed E-state index contributed by atoms with van der Waals surface area (Å²) in [5.74, 6) is -1.63. The number of hydrogen-bond acceptors (Lipinski definition) is 4. The fraction of sp³-hybridized carbons (Fsp3) is 0.100. The summed E-state index contributed by atoms with van der Waals surface area (Å²) >= 11 is 0. The summed E-state index contributed by atoms with van der Waals surface area (Å²) < 4.78 is 0. The molecule has 5 heteroatoms. The van der Waals surface area contributed by atoms with Crippen LogP contribution in [0.25, 0.3) is 0 Å². The van der Waals surface area contributed by atoms with Gasteiger partial charge in [0.25, 0.3) is 5.91 Å². The number of carbonyl (C=O) groups excluding carboxylic acids is 2. The minimum atomic E-state index is -0.998. The third-order valence-corrected chi connectivity index (χ3v) is 1.53. The SMILES string of the molecule is CC(=O)O/N=C(\C([NH])=O)c1ccccc1. The van der Waals surface area contributed by atoms with Gasteiger partial charge in [0, 0.05) is 12.5 Å². The zero-order chi connectivity index (χ0) is 11.3. The molecule has 1 radical (unpaired) electrons. The Labute approximate surface area is 86.5 Å². The average molecular weight is 205 g/mol. The van der Waals surface area contributed by atoms with E-state index in [0.29, 0.717) is 5.56 Å². The second kappa shape index (κ2) is 4.90. The molecule has 77 valence electrons. The molecule has 0 bridgehead atoms. The molecule has 0 saturated heterocycles. The van der Waals surface area contributed by atoms with Crippen molar-refractivity contribution in [3.05, 3.63) is 35.9 Å². The third kappa shape index (κ3) is 3.22. The zero-order valence-corrected chi connectivity index (χ0v) is 8.06. The van der Waals surface area contributed by atoms with Crippen LogP contribution in [0.4, 0.5) is 0 Å². The van der Waals surface area contributed by atoms with Gasteiger partial charge in [-0.3, -0.25) is 10.5 Å². The van der Waals surface area contributed by atoms with Crippen LogP contribution in [0.2, 0.25) is 0 Å². The first-order valence-corrected chi connectivity index (χ1v) is 4.18. The Kier molecular flexibility index (Phi) is 3.56. The number of hydrogen-bond donors (Lipinski definition) is 0. The molecule has 0 aliphatic rings. The predicted octanol–water partition coefficient (Wildman–Crippen LogP) is 0.763. The summed E-state index contributed by atoms with van der Waals surface area (Å²) in [6, 6.07) is 8.37. The summed E-state index contributed by atoms with van der Waals surface area (Å²) in [6.07, 6.45) is 0. The molecule has 0 saturated carbocycles. The Morgan fingerprint density at radius 2 is 1.87 bits per heavy atom. The van der Waals surface area contributed by atoms with Gasteiger partial charge >= 0.3 is 5.97 Å². The maximum atomic E-state index is 10.9. The maximum Gasteiger partial charge on any atom is 0.332 e. The molecule has 0 aromatic heterocycles. The fourth-order valence-corrected chi connectivity index (χ4v) is 0.931. The smallest absolute Gasteiger partial charge is 0.318 e. The maximum absolute atomic E-state index is 10.9. The molecular formula is C10H9N2O3. The van der Waals surface area contributed by atoms with Gasteiger partial charge in [0.1, 0.15) is 0 Å². The average Bonchev–Trinajstić information content (AvgIpc) is 2.18. The largest absolute Gasteiger partial charge is 0.332 e. The normalized spacial score (nSPS) is 10.9. The van der Waals surface area contributed by atoms with Crippen LogP contribution in [-0.2, 0) is 14.4 Å². The lowest BCUT2D eigenvalue weighted by Crippen LogP contribution is -2.17. The molecule has 0 aliphatic carbocycles. The van der Waals surface area contributed by atoms with E-state index >= 15 is 0 Å². The van der Waals surface area contributed by atoms with Crippen molar-refractivity contribution in [3.8, 4) is 0 Å². The zero-order valence-electron chi connectivity index (χ0n) is 8.06. The first kappa shape index (κ1) is 10.9. The van der Waals surface area contributed by atoms with E-state index in [1.165, 1.54) is 6.92 Å². The van der Waals surface area contributed by atoms with Gasteiger partial charge in [0.2, 0.25) is 0 Å². The lowest BCUT2D eigenvalue weighted by atomic mass is 10.1. The number of nitrogens with zero attached hydrogens (tertiary/aromatic N) is 1. The topological polar surface area (TPSA) is 79.5 Å². The first-order chi connectivity index (χ1) is 7.11. The van der Waals surface area contributed by atoms with Crippen LogP contribution in [0.15, 0.2) is 35.5 Å². The molecule has 1 N–H and O–H groups in total. The number of carbonyl (C=O) groups is 2. The van der Waals surface area contributed by atoms with E-state index in [1.807, 2.05) is 0 Å². The first-order valence-electron chi connectivity index (χ1n) is 4.18. The monoisotopic (exact) mass is 205 g/mol. The van der Waals surface area contributed by atoms with Crippen molar-refractivity contribution in [1.82, 2.24) is 5.73 Å².